The van der Waals surface area contributed by atoms with Gasteiger partial charge in [0.2, 0.25) is 5.91 Å². The highest BCUT2D eigenvalue weighted by molar-refractivity contribution is 6.02. The molecule has 4 aromatic rings. The SMILES string of the molecule is CCOc1ccc(/C=C/C(=O)Nc2ccc(Nc3cc(-c4ccccc4)ncn3)cc2)cc1. The molecule has 6 nitrogen and oxygen atoms in total. The van der Waals surface area contributed by atoms with Gasteiger partial charge in [-0.05, 0) is 55.0 Å². The molecule has 0 bridgehead atoms. The van der Waals surface area contributed by atoms with Crippen LogP contribution < -0.4 is 15.4 Å². The Bertz CT molecular complexity index is 1220. The summed E-state index contributed by atoms with van der Waals surface area (Å²) >= 11 is 0. The monoisotopic (exact) mass is 436 g/mol. The van der Waals surface area contributed by atoms with Crippen molar-refractivity contribution < 1.29 is 9.53 Å². The van der Waals surface area contributed by atoms with E-state index < -0.39 is 0 Å². The van der Waals surface area contributed by atoms with Crippen LogP contribution in [0.4, 0.5) is 17.2 Å². The maximum Gasteiger partial charge on any atom is 0.248 e. The summed E-state index contributed by atoms with van der Waals surface area (Å²) in [5.41, 5.74) is 4.36. The zero-order valence-electron chi connectivity index (χ0n) is 18.2. The summed E-state index contributed by atoms with van der Waals surface area (Å²) in [6.45, 7) is 2.57. The maximum absolute atomic E-state index is 12.2. The molecule has 0 aliphatic carbocycles. The second-order valence-electron chi connectivity index (χ2n) is 7.18. The van der Waals surface area contributed by atoms with Gasteiger partial charge in [0.05, 0.1) is 12.3 Å². The van der Waals surface area contributed by atoms with Crippen LogP contribution in [0.15, 0.2) is 97.3 Å². The van der Waals surface area contributed by atoms with Crippen molar-refractivity contribution in [3.63, 3.8) is 0 Å². The number of carbonyl (C=O) groups is 1. The van der Waals surface area contributed by atoms with Crippen molar-refractivity contribution >= 4 is 29.2 Å². The van der Waals surface area contributed by atoms with Crippen molar-refractivity contribution in [3.8, 4) is 17.0 Å². The molecule has 6 heteroatoms. The molecule has 2 N–H and O–H groups in total. The smallest absolute Gasteiger partial charge is 0.248 e. The predicted molar refractivity (Wildman–Crippen MR) is 132 cm³/mol. The topological polar surface area (TPSA) is 76.1 Å². The fourth-order valence-electron chi connectivity index (χ4n) is 3.17. The summed E-state index contributed by atoms with van der Waals surface area (Å²) in [7, 11) is 0. The molecule has 0 aliphatic rings. The first kappa shape index (κ1) is 21.8. The molecule has 1 heterocycles. The summed E-state index contributed by atoms with van der Waals surface area (Å²) in [5.74, 6) is 1.30. The predicted octanol–water partition coefficient (Wildman–Crippen LogP) is 5.94. The van der Waals surface area contributed by atoms with Crippen molar-refractivity contribution in [2.75, 3.05) is 17.2 Å². The van der Waals surface area contributed by atoms with Gasteiger partial charge in [-0.25, -0.2) is 9.97 Å². The molecule has 3 aromatic carbocycles. The lowest BCUT2D eigenvalue weighted by molar-refractivity contribution is -0.111. The quantitative estimate of drug-likeness (QED) is 0.334. The van der Waals surface area contributed by atoms with Crippen LogP contribution in [0.1, 0.15) is 12.5 Å². The molecule has 0 atom stereocenters. The molecule has 0 unspecified atom stereocenters. The third-order valence-electron chi connectivity index (χ3n) is 4.78. The Labute approximate surface area is 193 Å². The maximum atomic E-state index is 12.2. The van der Waals surface area contributed by atoms with Gasteiger partial charge in [0, 0.05) is 29.1 Å². The minimum atomic E-state index is -0.201. The van der Waals surface area contributed by atoms with Crippen LogP contribution in [0, 0.1) is 0 Å². The Kier molecular flexibility index (Phi) is 7.08. The molecular formula is C27H24N4O2. The van der Waals surface area contributed by atoms with Crippen LogP contribution in [0.2, 0.25) is 0 Å². The number of anilines is 3. The molecular weight excluding hydrogens is 412 g/mol. The number of rotatable bonds is 8. The van der Waals surface area contributed by atoms with Gasteiger partial charge < -0.3 is 15.4 Å². The second-order valence-corrected chi connectivity index (χ2v) is 7.18. The van der Waals surface area contributed by atoms with Gasteiger partial charge in [0.15, 0.2) is 0 Å². The average molecular weight is 437 g/mol. The van der Waals surface area contributed by atoms with Crippen LogP contribution in [-0.4, -0.2) is 22.5 Å². The van der Waals surface area contributed by atoms with E-state index >= 15 is 0 Å². The number of hydrogen-bond donors (Lipinski definition) is 2. The first-order valence-electron chi connectivity index (χ1n) is 10.7. The molecule has 33 heavy (non-hydrogen) atoms. The Morgan fingerprint density at radius 3 is 2.36 bits per heavy atom. The molecule has 164 valence electrons. The molecule has 4 rings (SSSR count). The molecule has 0 aliphatic heterocycles. The van der Waals surface area contributed by atoms with E-state index in [0.29, 0.717) is 18.1 Å². The molecule has 1 aromatic heterocycles. The fourth-order valence-corrected chi connectivity index (χ4v) is 3.17. The standard InChI is InChI=1S/C27H24N4O2/c1-2-33-24-15-8-20(9-16-24)10-17-27(32)31-23-13-11-22(12-14-23)30-26-18-25(28-19-29-26)21-6-4-3-5-7-21/h3-19H,2H2,1H3,(H,31,32)(H,28,29,30)/b17-10+. The third kappa shape index (κ3) is 6.27. The van der Waals surface area contributed by atoms with Crippen LogP contribution in [0.5, 0.6) is 5.75 Å². The number of ether oxygens (including phenoxy) is 1. The van der Waals surface area contributed by atoms with Crippen molar-refractivity contribution in [1.29, 1.82) is 0 Å². The Balaban J connectivity index is 1.34. The van der Waals surface area contributed by atoms with Gasteiger partial charge in [-0.3, -0.25) is 4.79 Å². The second kappa shape index (κ2) is 10.7. The van der Waals surface area contributed by atoms with E-state index in [4.69, 9.17) is 4.74 Å². The Morgan fingerprint density at radius 2 is 1.64 bits per heavy atom. The zero-order valence-corrected chi connectivity index (χ0v) is 18.2. The number of nitrogens with one attached hydrogen (secondary N) is 2. The van der Waals surface area contributed by atoms with E-state index in [1.165, 1.54) is 12.4 Å². The number of nitrogens with zero attached hydrogens (tertiary/aromatic N) is 2. The molecule has 0 fully saturated rings. The third-order valence-corrected chi connectivity index (χ3v) is 4.78. The lowest BCUT2D eigenvalue weighted by atomic mass is 10.1. The number of benzene rings is 3. The Morgan fingerprint density at radius 1 is 0.909 bits per heavy atom. The van der Waals surface area contributed by atoms with Crippen molar-refractivity contribution in [2.45, 2.75) is 6.92 Å². The molecule has 1 amide bonds. The lowest BCUT2D eigenvalue weighted by Crippen LogP contribution is -2.07. The fraction of sp³-hybridized carbons (Fsp3) is 0.0741. The van der Waals surface area contributed by atoms with Crippen LogP contribution in [-0.2, 0) is 4.79 Å². The molecule has 0 saturated heterocycles. The summed E-state index contributed by atoms with van der Waals surface area (Å²) in [6, 6.07) is 26.9. The molecule has 0 saturated carbocycles. The number of hydrogen-bond acceptors (Lipinski definition) is 5. The highest BCUT2D eigenvalue weighted by atomic mass is 16.5. The Hall–Kier alpha value is -4.45. The first-order valence-corrected chi connectivity index (χ1v) is 10.7. The van der Waals surface area contributed by atoms with Crippen LogP contribution >= 0.6 is 0 Å². The summed E-state index contributed by atoms with van der Waals surface area (Å²) in [5, 5.41) is 6.13. The molecule has 0 spiro atoms. The number of aromatic nitrogens is 2. The van der Waals surface area contributed by atoms with E-state index in [2.05, 4.69) is 20.6 Å². The minimum Gasteiger partial charge on any atom is -0.494 e. The van der Waals surface area contributed by atoms with Gasteiger partial charge >= 0.3 is 0 Å². The van der Waals surface area contributed by atoms with Crippen LogP contribution in [0.25, 0.3) is 17.3 Å². The number of carbonyl (C=O) groups excluding carboxylic acids is 1. The molecule has 0 radical (unpaired) electrons. The highest BCUT2D eigenvalue weighted by Gasteiger charge is 2.03. The van der Waals surface area contributed by atoms with E-state index in [9.17, 15) is 4.79 Å². The number of amides is 1. The van der Waals surface area contributed by atoms with E-state index in [1.54, 1.807) is 6.08 Å². The van der Waals surface area contributed by atoms with Crippen molar-refractivity contribution in [3.05, 3.63) is 103 Å². The van der Waals surface area contributed by atoms with Crippen molar-refractivity contribution in [2.24, 2.45) is 0 Å². The minimum absolute atomic E-state index is 0.201. The van der Waals surface area contributed by atoms with Crippen LogP contribution in [0.3, 0.4) is 0 Å². The summed E-state index contributed by atoms with van der Waals surface area (Å²) in [6.07, 6.45) is 4.81. The van der Waals surface area contributed by atoms with E-state index in [0.717, 1.165) is 28.3 Å². The zero-order chi connectivity index (χ0) is 22.9. The normalized spacial score (nSPS) is 10.7. The van der Waals surface area contributed by atoms with Crippen molar-refractivity contribution in [1.82, 2.24) is 9.97 Å². The van der Waals surface area contributed by atoms with Gasteiger partial charge in [0.25, 0.3) is 0 Å². The van der Waals surface area contributed by atoms with Gasteiger partial charge in [-0.15, -0.1) is 0 Å². The van der Waals surface area contributed by atoms with Gasteiger partial charge in [0.1, 0.15) is 17.9 Å². The van der Waals surface area contributed by atoms with E-state index in [-0.39, 0.29) is 5.91 Å². The summed E-state index contributed by atoms with van der Waals surface area (Å²) in [4.78, 5) is 20.9. The van der Waals surface area contributed by atoms with E-state index in [1.807, 2.05) is 91.9 Å². The lowest BCUT2D eigenvalue weighted by Gasteiger charge is -2.08. The summed E-state index contributed by atoms with van der Waals surface area (Å²) < 4.78 is 5.42. The highest BCUT2D eigenvalue weighted by Crippen LogP contribution is 2.22. The first-order chi connectivity index (χ1) is 16.2. The van der Waals surface area contributed by atoms with Gasteiger partial charge in [-0.1, -0.05) is 42.5 Å². The average Bonchev–Trinajstić information content (AvgIpc) is 2.86. The van der Waals surface area contributed by atoms with Gasteiger partial charge in [-0.2, -0.15) is 0 Å². The largest absolute Gasteiger partial charge is 0.494 e.